The maximum Gasteiger partial charge on any atom is 0.389 e. The molecule has 0 radical (unpaired) electrons. The fraction of sp³-hybridized carbons (Fsp3) is 0.750. The molecule has 0 N–H and O–H groups in total. The van der Waals surface area contributed by atoms with Crippen LogP contribution in [0.25, 0.3) is 0 Å². The van der Waals surface area contributed by atoms with Crippen LogP contribution in [0.3, 0.4) is 0 Å². The van der Waals surface area contributed by atoms with E-state index in [1.165, 1.54) is 0 Å². The number of halogens is 3. The average Bonchev–Trinajstić information content (AvgIpc) is 1.85. The molecule has 0 aliphatic carbocycles. The second-order valence-corrected chi connectivity index (χ2v) is 2.43. The summed E-state index contributed by atoms with van der Waals surface area (Å²) in [7, 11) is 0. The van der Waals surface area contributed by atoms with Gasteiger partial charge in [-0.3, -0.25) is 0 Å². The molecular formula is C8H13F3. The van der Waals surface area contributed by atoms with Gasteiger partial charge in [0, 0.05) is 6.42 Å². The third-order valence-electron chi connectivity index (χ3n) is 1.32. The molecule has 0 heterocycles. The molecule has 0 saturated heterocycles. The van der Waals surface area contributed by atoms with Crippen LogP contribution in [-0.2, 0) is 0 Å². The summed E-state index contributed by atoms with van der Waals surface area (Å²) in [5.41, 5.74) is 0. The van der Waals surface area contributed by atoms with Crippen molar-refractivity contribution in [1.82, 2.24) is 0 Å². The van der Waals surface area contributed by atoms with E-state index in [2.05, 4.69) is 0 Å². The van der Waals surface area contributed by atoms with Gasteiger partial charge in [0.2, 0.25) is 0 Å². The lowest BCUT2D eigenvalue weighted by molar-refractivity contribution is -0.135. The predicted molar refractivity (Wildman–Crippen MR) is 39.3 cm³/mol. The van der Waals surface area contributed by atoms with Crippen molar-refractivity contribution in [3.63, 3.8) is 0 Å². The molecule has 0 fully saturated rings. The lowest BCUT2D eigenvalue weighted by Crippen LogP contribution is -2.05. The molecule has 0 spiro atoms. The van der Waals surface area contributed by atoms with E-state index in [9.17, 15) is 13.2 Å². The molecule has 0 atom stereocenters. The molecule has 0 aromatic rings. The molecule has 0 saturated carbocycles. The smallest absolute Gasteiger partial charge is 0.171 e. The van der Waals surface area contributed by atoms with Gasteiger partial charge in [-0.15, -0.1) is 0 Å². The number of alkyl halides is 3. The molecule has 0 amide bonds. The quantitative estimate of drug-likeness (QED) is 0.441. The zero-order valence-corrected chi connectivity index (χ0v) is 6.62. The van der Waals surface area contributed by atoms with Crippen molar-refractivity contribution in [2.45, 2.75) is 38.8 Å². The number of hydrogen-bond donors (Lipinski definition) is 0. The van der Waals surface area contributed by atoms with E-state index in [0.717, 1.165) is 6.42 Å². The maximum absolute atomic E-state index is 11.5. The molecule has 0 aliphatic rings. The SMILES string of the molecule is CC=CCCCCC(F)(F)F. The van der Waals surface area contributed by atoms with E-state index < -0.39 is 12.6 Å². The van der Waals surface area contributed by atoms with Crippen LogP contribution in [-0.4, -0.2) is 6.18 Å². The first kappa shape index (κ1) is 10.5. The highest BCUT2D eigenvalue weighted by molar-refractivity contribution is 4.76. The molecule has 3 heteroatoms. The van der Waals surface area contributed by atoms with Gasteiger partial charge >= 0.3 is 6.18 Å². The Labute approximate surface area is 65.1 Å². The van der Waals surface area contributed by atoms with Crippen LogP contribution < -0.4 is 0 Å². The Morgan fingerprint density at radius 3 is 2.27 bits per heavy atom. The van der Waals surface area contributed by atoms with Gasteiger partial charge in [0.05, 0.1) is 0 Å². The zero-order chi connectivity index (χ0) is 8.74. The molecule has 11 heavy (non-hydrogen) atoms. The monoisotopic (exact) mass is 166 g/mol. The van der Waals surface area contributed by atoms with E-state index in [-0.39, 0.29) is 6.42 Å². The molecule has 0 rings (SSSR count). The van der Waals surface area contributed by atoms with Crippen molar-refractivity contribution in [2.75, 3.05) is 0 Å². The first-order valence-electron chi connectivity index (χ1n) is 3.74. The largest absolute Gasteiger partial charge is 0.389 e. The van der Waals surface area contributed by atoms with Crippen molar-refractivity contribution in [1.29, 1.82) is 0 Å². The Hall–Kier alpha value is -0.470. The molecule has 0 bridgehead atoms. The van der Waals surface area contributed by atoms with Gasteiger partial charge in [0.25, 0.3) is 0 Å². The predicted octanol–water partition coefficient (Wildman–Crippen LogP) is 3.69. The standard InChI is InChI=1S/C8H13F3/c1-2-3-4-5-6-7-8(9,10)11/h2-3H,4-7H2,1H3. The van der Waals surface area contributed by atoms with Crippen molar-refractivity contribution < 1.29 is 13.2 Å². The molecule has 0 aliphatic heterocycles. The first-order valence-corrected chi connectivity index (χ1v) is 3.74. The zero-order valence-electron chi connectivity index (χ0n) is 6.62. The Morgan fingerprint density at radius 2 is 1.82 bits per heavy atom. The second-order valence-electron chi connectivity index (χ2n) is 2.43. The number of unbranched alkanes of at least 4 members (excludes halogenated alkanes) is 2. The minimum atomic E-state index is -3.98. The number of allylic oxidation sites excluding steroid dienone is 2. The van der Waals surface area contributed by atoms with Crippen LogP contribution >= 0.6 is 0 Å². The lowest BCUT2D eigenvalue weighted by atomic mass is 10.2. The highest BCUT2D eigenvalue weighted by Crippen LogP contribution is 2.22. The molecule has 0 aromatic carbocycles. The Balaban J connectivity index is 3.15. The van der Waals surface area contributed by atoms with Crippen LogP contribution in [0.2, 0.25) is 0 Å². The molecular weight excluding hydrogens is 153 g/mol. The fourth-order valence-electron chi connectivity index (χ4n) is 0.754. The van der Waals surface area contributed by atoms with Gasteiger partial charge in [-0.25, -0.2) is 0 Å². The minimum absolute atomic E-state index is 0.244. The van der Waals surface area contributed by atoms with Crippen molar-refractivity contribution in [3.8, 4) is 0 Å². The third-order valence-corrected chi connectivity index (χ3v) is 1.32. The fourth-order valence-corrected chi connectivity index (χ4v) is 0.754. The van der Waals surface area contributed by atoms with Crippen LogP contribution in [0.5, 0.6) is 0 Å². The molecule has 0 aromatic heterocycles. The Bertz CT molecular complexity index is 113. The highest BCUT2D eigenvalue weighted by Gasteiger charge is 2.25. The highest BCUT2D eigenvalue weighted by atomic mass is 19.4. The van der Waals surface area contributed by atoms with Gasteiger partial charge in [-0.05, 0) is 26.2 Å². The molecule has 0 nitrogen and oxygen atoms in total. The number of rotatable bonds is 4. The van der Waals surface area contributed by atoms with Gasteiger partial charge in [0.1, 0.15) is 0 Å². The van der Waals surface area contributed by atoms with E-state index in [4.69, 9.17) is 0 Å². The van der Waals surface area contributed by atoms with Crippen molar-refractivity contribution in [2.24, 2.45) is 0 Å². The Kier molecular flexibility index (Phi) is 4.99. The summed E-state index contributed by atoms with van der Waals surface area (Å²) >= 11 is 0. The van der Waals surface area contributed by atoms with Crippen LogP contribution in [0, 0.1) is 0 Å². The van der Waals surface area contributed by atoms with Crippen molar-refractivity contribution in [3.05, 3.63) is 12.2 Å². The van der Waals surface area contributed by atoms with Gasteiger partial charge in [-0.1, -0.05) is 12.2 Å². The normalized spacial score (nSPS) is 12.7. The summed E-state index contributed by atoms with van der Waals surface area (Å²) in [6, 6.07) is 0. The summed E-state index contributed by atoms with van der Waals surface area (Å²) in [6.07, 6.45) is 0.745. The maximum atomic E-state index is 11.5. The number of hydrogen-bond acceptors (Lipinski definition) is 0. The van der Waals surface area contributed by atoms with E-state index in [1.807, 2.05) is 19.1 Å². The Morgan fingerprint density at radius 1 is 1.18 bits per heavy atom. The summed E-state index contributed by atoms with van der Waals surface area (Å²) in [4.78, 5) is 0. The van der Waals surface area contributed by atoms with Gasteiger partial charge in [-0.2, -0.15) is 13.2 Å². The second kappa shape index (κ2) is 5.22. The summed E-state index contributed by atoms with van der Waals surface area (Å²) in [5.74, 6) is 0. The van der Waals surface area contributed by atoms with Gasteiger partial charge in [0.15, 0.2) is 0 Å². The third kappa shape index (κ3) is 9.53. The summed E-state index contributed by atoms with van der Waals surface area (Å²) in [5, 5.41) is 0. The first-order chi connectivity index (χ1) is 5.06. The van der Waals surface area contributed by atoms with Gasteiger partial charge < -0.3 is 0 Å². The minimum Gasteiger partial charge on any atom is -0.171 e. The summed E-state index contributed by atoms with van der Waals surface area (Å²) in [6.45, 7) is 1.86. The van der Waals surface area contributed by atoms with Crippen LogP contribution in [0.1, 0.15) is 32.6 Å². The lowest BCUT2D eigenvalue weighted by Gasteiger charge is -2.03. The molecule has 66 valence electrons. The van der Waals surface area contributed by atoms with Crippen LogP contribution in [0.15, 0.2) is 12.2 Å². The van der Waals surface area contributed by atoms with Crippen LogP contribution in [0.4, 0.5) is 13.2 Å². The average molecular weight is 166 g/mol. The van der Waals surface area contributed by atoms with E-state index >= 15 is 0 Å². The van der Waals surface area contributed by atoms with Crippen molar-refractivity contribution >= 4 is 0 Å². The molecule has 0 unspecified atom stereocenters. The van der Waals surface area contributed by atoms with E-state index in [0.29, 0.717) is 6.42 Å². The summed E-state index contributed by atoms with van der Waals surface area (Å²) < 4.78 is 34.6. The topological polar surface area (TPSA) is 0 Å². The van der Waals surface area contributed by atoms with E-state index in [1.54, 1.807) is 0 Å².